The zero-order valence-corrected chi connectivity index (χ0v) is 26.5. The second-order valence-electron chi connectivity index (χ2n) is 4.83. The molecule has 0 spiro atoms. The topological polar surface area (TPSA) is 56.3 Å². The first kappa shape index (κ1) is 33.3. The second-order valence-corrected chi connectivity index (χ2v) is 33.4. The molecule has 0 saturated heterocycles. The normalized spacial score (nSPS) is 12.6. The molecule has 0 fully saturated rings. The van der Waals surface area contributed by atoms with Crippen molar-refractivity contribution in [2.24, 2.45) is 0 Å². The molecule has 7 nitrogen and oxygen atoms in total. The van der Waals surface area contributed by atoms with Crippen molar-refractivity contribution < 1.29 is 13.4 Å². The fraction of sp³-hybridized carbons (Fsp3) is 1.00. The molecule has 0 rings (SSSR count). The van der Waals surface area contributed by atoms with E-state index in [1.165, 1.54) is 18.7 Å². The van der Waals surface area contributed by atoms with Crippen LogP contribution in [0.4, 0.5) is 0 Å². The molecule has 0 N–H and O–H groups in total. The summed E-state index contributed by atoms with van der Waals surface area (Å²) >= 11 is -4.07. The predicted molar refractivity (Wildman–Crippen MR) is 118 cm³/mol. The van der Waals surface area contributed by atoms with Crippen LogP contribution in [-0.2, 0) is 13.4 Å². The molecule has 0 aromatic carbocycles. The van der Waals surface area contributed by atoms with E-state index in [0.29, 0.717) is 0 Å². The molecule has 0 aromatic rings. The maximum atomic E-state index is 12.6. The average molecular weight is 742 g/mol. The summed E-state index contributed by atoms with van der Waals surface area (Å²) in [5.74, 6) is 0. The zero-order valence-electron chi connectivity index (χ0n) is 15.1. The molecular formula is C8H24Cl6N4O3P2Sb2. The summed E-state index contributed by atoms with van der Waals surface area (Å²) in [4.78, 5) is 0. The van der Waals surface area contributed by atoms with Crippen LogP contribution in [0.1, 0.15) is 0 Å². The van der Waals surface area contributed by atoms with Crippen LogP contribution in [-0.4, -0.2) is 109 Å². The summed E-state index contributed by atoms with van der Waals surface area (Å²) in [5.41, 5.74) is 0. The molecule has 0 atom stereocenters. The summed E-state index contributed by atoms with van der Waals surface area (Å²) in [6.45, 7) is 0. The molecule has 156 valence electrons. The third kappa shape index (κ3) is 16.1. The van der Waals surface area contributed by atoms with Gasteiger partial charge in [0.05, 0.1) is 0 Å². The van der Waals surface area contributed by atoms with Crippen molar-refractivity contribution in [3.05, 3.63) is 0 Å². The SMILES string of the molecule is CN(C)P(=O)(OP(=O)(N(C)C)N(C)C)N(C)C.[Cl][Sb]([Cl])[Cl].[Cl][Sb]([Cl])[Cl]. The van der Waals surface area contributed by atoms with E-state index in [9.17, 15) is 9.13 Å². The molecule has 0 heterocycles. The fourth-order valence-electron chi connectivity index (χ4n) is 1.15. The monoisotopic (exact) mass is 738 g/mol. The summed E-state index contributed by atoms with van der Waals surface area (Å²) in [6.07, 6.45) is 0. The molecule has 0 unspecified atom stereocenters. The number of halogens is 6. The van der Waals surface area contributed by atoms with E-state index < -0.39 is 48.9 Å². The van der Waals surface area contributed by atoms with E-state index in [1.54, 1.807) is 56.4 Å². The number of rotatable bonds is 6. The van der Waals surface area contributed by atoms with Crippen molar-refractivity contribution in [1.82, 2.24) is 18.7 Å². The van der Waals surface area contributed by atoms with Crippen LogP contribution in [0.15, 0.2) is 0 Å². The van der Waals surface area contributed by atoms with Gasteiger partial charge in [-0.1, -0.05) is 0 Å². The van der Waals surface area contributed by atoms with Gasteiger partial charge in [-0.3, -0.25) is 9.13 Å². The van der Waals surface area contributed by atoms with Crippen molar-refractivity contribution in [3.8, 4) is 0 Å². The molecule has 0 aliphatic carbocycles. The molecule has 0 aliphatic heterocycles. The van der Waals surface area contributed by atoms with Crippen LogP contribution in [0, 0.1) is 0 Å². The molecule has 17 heteroatoms. The van der Waals surface area contributed by atoms with Gasteiger partial charge in [0.1, 0.15) is 0 Å². The number of nitrogens with zero attached hydrogens (tertiary/aromatic N) is 4. The van der Waals surface area contributed by atoms with E-state index in [4.69, 9.17) is 57.3 Å². The van der Waals surface area contributed by atoms with E-state index in [2.05, 4.69) is 0 Å². The Bertz CT molecular complexity index is 381. The Morgan fingerprint density at radius 2 is 0.680 bits per heavy atom. The van der Waals surface area contributed by atoms with Crippen LogP contribution in [0.2, 0.25) is 0 Å². The van der Waals surface area contributed by atoms with Gasteiger partial charge in [-0.2, -0.15) is 0 Å². The molecule has 0 radical (unpaired) electrons. The molecule has 0 saturated carbocycles. The molecular weight excluding hydrogens is 718 g/mol. The Hall–Kier alpha value is 3.64. The molecule has 25 heavy (non-hydrogen) atoms. The minimum atomic E-state index is -3.27. The van der Waals surface area contributed by atoms with Crippen LogP contribution in [0.25, 0.3) is 0 Å². The van der Waals surface area contributed by atoms with Gasteiger partial charge in [-0.15, -0.1) is 0 Å². The number of hydrogen-bond donors (Lipinski definition) is 0. The van der Waals surface area contributed by atoms with Gasteiger partial charge in [0.25, 0.3) is 0 Å². The van der Waals surface area contributed by atoms with E-state index in [0.717, 1.165) is 0 Å². The van der Waals surface area contributed by atoms with Crippen molar-refractivity contribution in [3.63, 3.8) is 0 Å². The zero-order chi connectivity index (χ0) is 21.2. The molecule has 0 aromatic heterocycles. The van der Waals surface area contributed by atoms with Gasteiger partial charge in [-0.05, 0) is 56.4 Å². The van der Waals surface area contributed by atoms with Gasteiger partial charge in [0, 0.05) is 0 Å². The standard InChI is InChI=1S/C8H24N4O3P2.6ClH.2Sb/c1-9(2)16(13,10(3)4)15-17(14,11(5)6)12(7)8;;;;;;;;/h1-8H3;6*1H;;/q;;;;;;;2*+3/p-6. The van der Waals surface area contributed by atoms with Crippen molar-refractivity contribution in [2.45, 2.75) is 0 Å². The van der Waals surface area contributed by atoms with E-state index in [1.807, 2.05) is 0 Å². The third-order valence-electron chi connectivity index (χ3n) is 2.23. The Kier molecular flexibility index (Phi) is 21.8. The maximum absolute atomic E-state index is 12.6. The van der Waals surface area contributed by atoms with Gasteiger partial charge >= 0.3 is 102 Å². The van der Waals surface area contributed by atoms with Crippen molar-refractivity contribution in [2.75, 3.05) is 56.4 Å². The van der Waals surface area contributed by atoms with Gasteiger partial charge in [0.2, 0.25) is 0 Å². The van der Waals surface area contributed by atoms with Gasteiger partial charge in [-0.25, -0.2) is 23.0 Å². The molecule has 0 bridgehead atoms. The van der Waals surface area contributed by atoms with Crippen LogP contribution in [0.3, 0.4) is 0 Å². The Morgan fingerprint density at radius 3 is 0.760 bits per heavy atom. The van der Waals surface area contributed by atoms with Gasteiger partial charge in [0.15, 0.2) is 0 Å². The Balaban J connectivity index is -0.000000503. The fourth-order valence-corrected chi connectivity index (χ4v) is 6.02. The first-order valence-electron chi connectivity index (χ1n) is 6.12. The van der Waals surface area contributed by atoms with Crippen LogP contribution < -0.4 is 0 Å². The summed E-state index contributed by atoms with van der Waals surface area (Å²) in [7, 11) is 36.5. The van der Waals surface area contributed by atoms with Gasteiger partial charge < -0.3 is 0 Å². The summed E-state index contributed by atoms with van der Waals surface area (Å²) < 4.78 is 36.6. The third-order valence-corrected chi connectivity index (χ3v) is 7.98. The molecule has 0 amide bonds. The Labute approximate surface area is 188 Å². The number of hydrogen-bond acceptors (Lipinski definition) is 3. The first-order chi connectivity index (χ1) is 10.9. The Morgan fingerprint density at radius 1 is 0.560 bits per heavy atom. The first-order valence-corrected chi connectivity index (χ1v) is 28.6. The van der Waals surface area contributed by atoms with E-state index >= 15 is 0 Å². The second kappa shape index (κ2) is 16.3. The van der Waals surface area contributed by atoms with Crippen LogP contribution >= 0.6 is 68.3 Å². The van der Waals surface area contributed by atoms with Crippen molar-refractivity contribution >= 4 is 102 Å². The quantitative estimate of drug-likeness (QED) is 0.286. The average Bonchev–Trinajstić information content (AvgIpc) is 2.35. The predicted octanol–water partition coefficient (Wildman–Crippen LogP) is 4.84. The van der Waals surface area contributed by atoms with Crippen molar-refractivity contribution in [1.29, 1.82) is 0 Å². The van der Waals surface area contributed by atoms with E-state index in [-0.39, 0.29) is 0 Å². The molecule has 0 aliphatic rings. The minimum absolute atomic E-state index is 1.45. The summed E-state index contributed by atoms with van der Waals surface area (Å²) in [6, 6.07) is 0. The van der Waals surface area contributed by atoms with Crippen LogP contribution in [0.5, 0.6) is 0 Å². The summed E-state index contributed by atoms with van der Waals surface area (Å²) in [5, 5.41) is 0.